The van der Waals surface area contributed by atoms with Gasteiger partial charge >= 0.3 is 0 Å². The number of aryl methyl sites for hydroxylation is 1. The van der Waals surface area contributed by atoms with E-state index in [1.54, 1.807) is 6.07 Å². The second kappa shape index (κ2) is 3.93. The van der Waals surface area contributed by atoms with Crippen LogP contribution in [0.2, 0.25) is 5.02 Å². The van der Waals surface area contributed by atoms with Crippen LogP contribution in [-0.2, 0) is 6.42 Å². The Morgan fingerprint density at radius 2 is 2.25 bits per heavy atom. The molecule has 1 nitrogen and oxygen atoms in total. The number of rotatable bonds is 1. The van der Waals surface area contributed by atoms with Crippen LogP contribution in [0.4, 0.5) is 0 Å². The second-order valence-corrected chi connectivity index (χ2v) is 3.65. The van der Waals surface area contributed by atoms with Gasteiger partial charge in [-0.15, -0.1) is 0 Å². The van der Waals surface area contributed by atoms with E-state index in [1.165, 1.54) is 0 Å². The summed E-state index contributed by atoms with van der Waals surface area (Å²) < 4.78 is 0.950. The fourth-order valence-electron chi connectivity index (χ4n) is 0.945. The van der Waals surface area contributed by atoms with Gasteiger partial charge < -0.3 is 0 Å². The van der Waals surface area contributed by atoms with E-state index >= 15 is 0 Å². The van der Waals surface area contributed by atoms with Gasteiger partial charge in [0.15, 0.2) is 0 Å². The molecule has 0 aliphatic carbocycles. The first-order chi connectivity index (χ1) is 5.69. The van der Waals surface area contributed by atoms with Gasteiger partial charge in [0.1, 0.15) is 6.07 Å². The average Bonchev–Trinajstić information content (AvgIpc) is 2.08. The fraction of sp³-hybridized carbons (Fsp3) is 0.222. The largest absolute Gasteiger partial charge is 0.192 e. The van der Waals surface area contributed by atoms with Gasteiger partial charge in [0.05, 0.1) is 10.6 Å². The van der Waals surface area contributed by atoms with E-state index in [2.05, 4.69) is 15.9 Å². The lowest BCUT2D eigenvalue weighted by atomic mass is 10.1. The molecule has 0 radical (unpaired) electrons. The molecule has 0 saturated heterocycles. The van der Waals surface area contributed by atoms with Crippen LogP contribution in [0.1, 0.15) is 18.1 Å². The normalized spacial score (nSPS) is 9.50. The number of hydrogen-bond acceptors (Lipinski definition) is 1. The highest BCUT2D eigenvalue weighted by Gasteiger charge is 2.04. The first-order valence-corrected chi connectivity index (χ1v) is 4.74. The van der Waals surface area contributed by atoms with Crippen molar-refractivity contribution in [2.75, 3.05) is 0 Å². The summed E-state index contributed by atoms with van der Waals surface area (Å²) in [6.45, 7) is 2.04. The second-order valence-electron chi connectivity index (χ2n) is 2.39. The van der Waals surface area contributed by atoms with Crippen LogP contribution in [-0.4, -0.2) is 0 Å². The number of nitrogens with zero attached hydrogens (tertiary/aromatic N) is 1. The van der Waals surface area contributed by atoms with E-state index in [4.69, 9.17) is 16.9 Å². The Kier molecular flexibility index (Phi) is 3.13. The van der Waals surface area contributed by atoms with Crippen LogP contribution in [0.25, 0.3) is 0 Å². The fourth-order valence-corrected chi connectivity index (χ4v) is 1.80. The Bertz CT molecular complexity index is 340. The van der Waals surface area contributed by atoms with Gasteiger partial charge in [-0.25, -0.2) is 0 Å². The minimum Gasteiger partial charge on any atom is -0.192 e. The zero-order chi connectivity index (χ0) is 9.14. The summed E-state index contributed by atoms with van der Waals surface area (Å²) in [5.74, 6) is 0. The van der Waals surface area contributed by atoms with Crippen molar-refractivity contribution in [2.24, 2.45) is 0 Å². The number of hydrogen-bond donors (Lipinski definition) is 0. The molecule has 1 aromatic rings. The topological polar surface area (TPSA) is 23.8 Å². The molecule has 0 spiro atoms. The molecule has 0 fully saturated rings. The minimum atomic E-state index is 0.515. The van der Waals surface area contributed by atoms with Crippen LogP contribution in [0.3, 0.4) is 0 Å². The molecule has 1 aromatic carbocycles. The summed E-state index contributed by atoms with van der Waals surface area (Å²) in [6.07, 6.45) is 0.909. The Labute approximate surface area is 85.1 Å². The predicted octanol–water partition coefficient (Wildman–Crippen LogP) is 3.54. The SMILES string of the molecule is CCc1cc(Cl)c(C#N)cc1Br. The molecule has 12 heavy (non-hydrogen) atoms. The first-order valence-electron chi connectivity index (χ1n) is 3.57. The van der Waals surface area contributed by atoms with Crippen molar-refractivity contribution in [2.45, 2.75) is 13.3 Å². The highest BCUT2D eigenvalue weighted by molar-refractivity contribution is 9.10. The average molecular weight is 245 g/mol. The lowest BCUT2D eigenvalue weighted by molar-refractivity contribution is 1.13. The number of benzene rings is 1. The molecule has 0 aromatic heterocycles. The molecule has 0 amide bonds. The van der Waals surface area contributed by atoms with Crippen molar-refractivity contribution >= 4 is 27.5 Å². The standard InChI is InChI=1S/C9H7BrClN/c1-2-6-4-9(11)7(5-12)3-8(6)10/h3-4H,2H2,1H3. The lowest BCUT2D eigenvalue weighted by Crippen LogP contribution is -1.85. The van der Waals surface area contributed by atoms with Crippen molar-refractivity contribution < 1.29 is 0 Å². The maximum atomic E-state index is 8.65. The highest BCUT2D eigenvalue weighted by atomic mass is 79.9. The molecule has 3 heteroatoms. The molecule has 62 valence electrons. The predicted molar refractivity (Wildman–Crippen MR) is 53.2 cm³/mol. The third-order valence-corrected chi connectivity index (χ3v) is 2.69. The summed E-state index contributed by atoms with van der Waals surface area (Å²) in [4.78, 5) is 0. The van der Waals surface area contributed by atoms with E-state index in [1.807, 2.05) is 19.1 Å². The third kappa shape index (κ3) is 1.80. The summed E-state index contributed by atoms with van der Waals surface area (Å²) >= 11 is 9.21. The Hall–Kier alpha value is -0.520. The molecule has 0 aliphatic rings. The Morgan fingerprint density at radius 3 is 2.75 bits per heavy atom. The van der Waals surface area contributed by atoms with Crippen LogP contribution in [0.15, 0.2) is 16.6 Å². The quantitative estimate of drug-likeness (QED) is 0.741. The zero-order valence-corrected chi connectivity index (χ0v) is 8.91. The van der Waals surface area contributed by atoms with Crippen molar-refractivity contribution in [3.63, 3.8) is 0 Å². The van der Waals surface area contributed by atoms with Gasteiger partial charge in [-0.3, -0.25) is 0 Å². The van der Waals surface area contributed by atoms with E-state index < -0.39 is 0 Å². The summed E-state index contributed by atoms with van der Waals surface area (Å²) in [6, 6.07) is 5.60. The van der Waals surface area contributed by atoms with Gasteiger partial charge in [0.25, 0.3) is 0 Å². The molecule has 0 saturated carbocycles. The van der Waals surface area contributed by atoms with Crippen LogP contribution in [0, 0.1) is 11.3 Å². The minimum absolute atomic E-state index is 0.515. The van der Waals surface area contributed by atoms with Crippen molar-refractivity contribution in [1.29, 1.82) is 5.26 Å². The van der Waals surface area contributed by atoms with Crippen molar-refractivity contribution in [3.05, 3.63) is 32.8 Å². The van der Waals surface area contributed by atoms with E-state index in [0.717, 1.165) is 16.5 Å². The summed E-state index contributed by atoms with van der Waals surface area (Å²) in [5, 5.41) is 9.18. The molecule has 0 atom stereocenters. The Balaban J connectivity index is 3.28. The molecular weight excluding hydrogens is 237 g/mol. The van der Waals surface area contributed by atoms with Crippen LogP contribution < -0.4 is 0 Å². The lowest BCUT2D eigenvalue weighted by Gasteiger charge is -2.02. The van der Waals surface area contributed by atoms with Gasteiger partial charge in [-0.05, 0) is 24.1 Å². The van der Waals surface area contributed by atoms with Crippen molar-refractivity contribution in [1.82, 2.24) is 0 Å². The molecular formula is C9H7BrClN. The highest BCUT2D eigenvalue weighted by Crippen LogP contribution is 2.25. The van der Waals surface area contributed by atoms with Crippen LogP contribution >= 0.6 is 27.5 Å². The number of halogens is 2. The third-order valence-electron chi connectivity index (χ3n) is 1.64. The van der Waals surface area contributed by atoms with Crippen LogP contribution in [0.5, 0.6) is 0 Å². The zero-order valence-electron chi connectivity index (χ0n) is 6.56. The van der Waals surface area contributed by atoms with Gasteiger partial charge in [-0.2, -0.15) is 5.26 Å². The summed E-state index contributed by atoms with van der Waals surface area (Å²) in [5.41, 5.74) is 1.64. The monoisotopic (exact) mass is 243 g/mol. The van der Waals surface area contributed by atoms with E-state index in [0.29, 0.717) is 10.6 Å². The van der Waals surface area contributed by atoms with E-state index in [9.17, 15) is 0 Å². The molecule has 0 aliphatic heterocycles. The maximum absolute atomic E-state index is 8.65. The molecule has 1 rings (SSSR count). The Morgan fingerprint density at radius 1 is 1.58 bits per heavy atom. The van der Waals surface area contributed by atoms with E-state index in [-0.39, 0.29) is 0 Å². The summed E-state index contributed by atoms with van der Waals surface area (Å²) in [7, 11) is 0. The number of nitriles is 1. The first kappa shape index (κ1) is 9.57. The maximum Gasteiger partial charge on any atom is 0.101 e. The van der Waals surface area contributed by atoms with Gasteiger partial charge in [-0.1, -0.05) is 34.5 Å². The smallest absolute Gasteiger partial charge is 0.101 e. The van der Waals surface area contributed by atoms with Gasteiger partial charge in [0.2, 0.25) is 0 Å². The molecule has 0 heterocycles. The molecule has 0 unspecified atom stereocenters. The molecule has 0 N–H and O–H groups in total. The van der Waals surface area contributed by atoms with Gasteiger partial charge in [0, 0.05) is 4.47 Å². The molecule has 0 bridgehead atoms. The van der Waals surface area contributed by atoms with Crippen molar-refractivity contribution in [3.8, 4) is 6.07 Å².